The Morgan fingerprint density at radius 3 is 2.48 bits per heavy atom. The van der Waals surface area contributed by atoms with E-state index in [4.69, 9.17) is 0 Å². The minimum Gasteiger partial charge on any atom is -0.302 e. The van der Waals surface area contributed by atoms with Crippen molar-refractivity contribution in [1.82, 2.24) is 10.3 Å². The molecule has 0 amide bonds. The Kier molecular flexibility index (Phi) is 4.11. The fourth-order valence-corrected chi connectivity index (χ4v) is 4.71. The van der Waals surface area contributed by atoms with E-state index in [0.29, 0.717) is 12.1 Å². The van der Waals surface area contributed by atoms with Crippen LogP contribution in [0, 0.1) is 13.8 Å². The highest BCUT2D eigenvalue weighted by atomic mass is 32.1. The average Bonchev–Trinajstić information content (AvgIpc) is 3.01. The highest BCUT2D eigenvalue weighted by Gasteiger charge is 2.17. The molecule has 1 aromatic carbocycles. The predicted octanol–water partition coefficient (Wildman–Crippen LogP) is 5.39. The van der Waals surface area contributed by atoms with Crippen molar-refractivity contribution in [3.05, 3.63) is 50.8 Å². The molecule has 2 unspecified atom stereocenters. The van der Waals surface area contributed by atoms with Gasteiger partial charge in [-0.05, 0) is 45.2 Å². The fraction of sp³-hybridized carbons (Fsp3) is 0.353. The number of nitrogens with one attached hydrogen (secondary N) is 1. The third-order valence-electron chi connectivity index (χ3n) is 3.70. The van der Waals surface area contributed by atoms with Crippen molar-refractivity contribution in [2.24, 2.45) is 0 Å². The summed E-state index contributed by atoms with van der Waals surface area (Å²) in [6.45, 7) is 8.64. The Balaban J connectivity index is 1.79. The standard InChI is InChI=1S/C17H20N2S2/c1-10(16-9-14-7-5-6-8-15(14)21-16)18-11(2)17-12(3)19-13(4)20-17/h5-11,18H,1-4H3. The van der Waals surface area contributed by atoms with Crippen LogP contribution in [0.5, 0.6) is 0 Å². The number of thiophene rings is 1. The zero-order chi connectivity index (χ0) is 15.0. The van der Waals surface area contributed by atoms with Gasteiger partial charge in [-0.25, -0.2) is 4.98 Å². The van der Waals surface area contributed by atoms with Crippen molar-refractivity contribution in [3.63, 3.8) is 0 Å². The first kappa shape index (κ1) is 14.7. The average molecular weight is 316 g/mol. The van der Waals surface area contributed by atoms with Crippen LogP contribution in [-0.2, 0) is 0 Å². The highest BCUT2D eigenvalue weighted by Crippen LogP contribution is 2.32. The van der Waals surface area contributed by atoms with E-state index in [1.807, 2.05) is 11.3 Å². The number of benzene rings is 1. The van der Waals surface area contributed by atoms with Crippen LogP contribution in [-0.4, -0.2) is 4.98 Å². The molecule has 0 aliphatic carbocycles. The van der Waals surface area contributed by atoms with Gasteiger partial charge in [0.15, 0.2) is 0 Å². The van der Waals surface area contributed by atoms with Gasteiger partial charge in [-0.3, -0.25) is 0 Å². The summed E-state index contributed by atoms with van der Waals surface area (Å²) in [5.74, 6) is 0. The van der Waals surface area contributed by atoms with Gasteiger partial charge in [-0.15, -0.1) is 22.7 Å². The van der Waals surface area contributed by atoms with Crippen molar-refractivity contribution in [2.75, 3.05) is 0 Å². The number of rotatable bonds is 4. The van der Waals surface area contributed by atoms with E-state index in [0.717, 1.165) is 10.7 Å². The summed E-state index contributed by atoms with van der Waals surface area (Å²) in [5.41, 5.74) is 1.15. The van der Waals surface area contributed by atoms with Crippen molar-refractivity contribution in [2.45, 2.75) is 39.8 Å². The highest BCUT2D eigenvalue weighted by molar-refractivity contribution is 7.19. The molecular weight excluding hydrogens is 296 g/mol. The Morgan fingerprint density at radius 1 is 1.05 bits per heavy atom. The third-order valence-corrected chi connectivity index (χ3v) is 6.26. The zero-order valence-corrected chi connectivity index (χ0v) is 14.4. The summed E-state index contributed by atoms with van der Waals surface area (Å²) in [5, 5.41) is 6.19. The minimum absolute atomic E-state index is 0.330. The number of fused-ring (bicyclic) bond motifs is 1. The molecule has 4 heteroatoms. The van der Waals surface area contributed by atoms with Crippen molar-refractivity contribution < 1.29 is 0 Å². The minimum atomic E-state index is 0.330. The van der Waals surface area contributed by atoms with Gasteiger partial charge in [-0.2, -0.15) is 0 Å². The largest absolute Gasteiger partial charge is 0.302 e. The van der Waals surface area contributed by atoms with Crippen LogP contribution >= 0.6 is 22.7 Å². The zero-order valence-electron chi connectivity index (χ0n) is 12.8. The number of aryl methyl sites for hydroxylation is 2. The summed E-state index contributed by atoms with van der Waals surface area (Å²) in [4.78, 5) is 7.27. The summed E-state index contributed by atoms with van der Waals surface area (Å²) < 4.78 is 1.36. The summed E-state index contributed by atoms with van der Waals surface area (Å²) in [6.07, 6.45) is 0. The van der Waals surface area contributed by atoms with Gasteiger partial charge in [0.1, 0.15) is 0 Å². The monoisotopic (exact) mass is 316 g/mol. The van der Waals surface area contributed by atoms with E-state index in [2.05, 4.69) is 68.3 Å². The number of nitrogens with zero attached hydrogens (tertiary/aromatic N) is 1. The molecular formula is C17H20N2S2. The smallest absolute Gasteiger partial charge is 0.0900 e. The van der Waals surface area contributed by atoms with Gasteiger partial charge in [-0.1, -0.05) is 18.2 Å². The molecule has 2 atom stereocenters. The lowest BCUT2D eigenvalue weighted by molar-refractivity contribution is 0.504. The van der Waals surface area contributed by atoms with Crippen LogP contribution in [0.4, 0.5) is 0 Å². The predicted molar refractivity (Wildman–Crippen MR) is 93.4 cm³/mol. The molecule has 0 saturated carbocycles. The quantitative estimate of drug-likeness (QED) is 0.698. The maximum absolute atomic E-state index is 4.53. The molecule has 1 N–H and O–H groups in total. The molecule has 2 nitrogen and oxygen atoms in total. The van der Waals surface area contributed by atoms with Gasteiger partial charge in [0, 0.05) is 26.5 Å². The van der Waals surface area contributed by atoms with Crippen LogP contribution in [0.3, 0.4) is 0 Å². The molecule has 3 rings (SSSR count). The second-order valence-electron chi connectivity index (χ2n) is 5.48. The van der Waals surface area contributed by atoms with Crippen LogP contribution in [0.15, 0.2) is 30.3 Å². The molecule has 0 bridgehead atoms. The van der Waals surface area contributed by atoms with Crippen LogP contribution in [0.2, 0.25) is 0 Å². The lowest BCUT2D eigenvalue weighted by Gasteiger charge is -2.18. The molecule has 0 aliphatic rings. The Morgan fingerprint density at radius 2 is 1.81 bits per heavy atom. The number of hydrogen-bond donors (Lipinski definition) is 1. The van der Waals surface area contributed by atoms with Crippen molar-refractivity contribution in [3.8, 4) is 0 Å². The molecule has 0 saturated heterocycles. The van der Waals surface area contributed by atoms with E-state index in [-0.39, 0.29) is 0 Å². The van der Waals surface area contributed by atoms with Crippen molar-refractivity contribution in [1.29, 1.82) is 0 Å². The molecule has 0 radical (unpaired) electrons. The molecule has 2 heterocycles. The first-order valence-electron chi connectivity index (χ1n) is 7.23. The number of hydrogen-bond acceptors (Lipinski definition) is 4. The Bertz CT molecular complexity index is 724. The van der Waals surface area contributed by atoms with Gasteiger partial charge < -0.3 is 5.32 Å². The lowest BCUT2D eigenvalue weighted by atomic mass is 10.1. The van der Waals surface area contributed by atoms with Crippen molar-refractivity contribution >= 4 is 32.8 Å². The van der Waals surface area contributed by atoms with E-state index in [1.165, 1.54) is 19.8 Å². The summed E-state index contributed by atoms with van der Waals surface area (Å²) in [6, 6.07) is 11.6. The lowest BCUT2D eigenvalue weighted by Crippen LogP contribution is -2.21. The molecule has 0 aliphatic heterocycles. The maximum Gasteiger partial charge on any atom is 0.0900 e. The number of thiazole rings is 1. The summed E-state index contributed by atoms with van der Waals surface area (Å²) in [7, 11) is 0. The molecule has 21 heavy (non-hydrogen) atoms. The Hall–Kier alpha value is -1.23. The van der Waals surface area contributed by atoms with Gasteiger partial charge >= 0.3 is 0 Å². The van der Waals surface area contributed by atoms with Gasteiger partial charge in [0.2, 0.25) is 0 Å². The molecule has 110 valence electrons. The van der Waals surface area contributed by atoms with Crippen LogP contribution < -0.4 is 5.32 Å². The second-order valence-corrected chi connectivity index (χ2v) is 7.83. The first-order chi connectivity index (χ1) is 10.0. The Labute approximate surface area is 133 Å². The second kappa shape index (κ2) is 5.87. The van der Waals surface area contributed by atoms with E-state index in [1.54, 1.807) is 11.3 Å². The van der Waals surface area contributed by atoms with Crippen LogP contribution in [0.25, 0.3) is 10.1 Å². The molecule has 0 spiro atoms. The van der Waals surface area contributed by atoms with Gasteiger partial charge in [0.25, 0.3) is 0 Å². The SMILES string of the molecule is Cc1nc(C)c(C(C)NC(C)c2cc3ccccc3s2)s1. The van der Waals surface area contributed by atoms with Crippen LogP contribution in [0.1, 0.15) is 46.4 Å². The fourth-order valence-electron chi connectivity index (χ4n) is 2.70. The topological polar surface area (TPSA) is 24.9 Å². The summed E-state index contributed by atoms with van der Waals surface area (Å²) >= 11 is 3.67. The first-order valence-corrected chi connectivity index (χ1v) is 8.86. The normalized spacial score (nSPS) is 14.5. The molecule has 0 fully saturated rings. The van der Waals surface area contributed by atoms with Gasteiger partial charge in [0.05, 0.1) is 10.7 Å². The third kappa shape index (κ3) is 3.03. The molecule has 2 aromatic heterocycles. The maximum atomic E-state index is 4.53. The molecule has 3 aromatic rings. The number of aromatic nitrogens is 1. The van der Waals surface area contributed by atoms with E-state index < -0.39 is 0 Å². The van der Waals surface area contributed by atoms with E-state index in [9.17, 15) is 0 Å². The van der Waals surface area contributed by atoms with E-state index >= 15 is 0 Å².